The normalized spacial score (nSPS) is 8.11. The average Bonchev–Trinajstić information content (AvgIpc) is 1.77. The van der Waals surface area contributed by atoms with Crippen molar-refractivity contribution in [3.63, 3.8) is 0 Å². The number of hydrogen-bond acceptors (Lipinski definition) is 0. The van der Waals surface area contributed by atoms with Crippen LogP contribution in [0.1, 0.15) is 0 Å². The van der Waals surface area contributed by atoms with Gasteiger partial charge in [-0.05, 0) is 12.1 Å². The summed E-state index contributed by atoms with van der Waals surface area (Å²) in [6, 6.07) is 7.05. The summed E-state index contributed by atoms with van der Waals surface area (Å²) in [5.41, 5.74) is 0.745. The van der Waals surface area contributed by atoms with Crippen LogP contribution in [0, 0.1) is 0 Å². The van der Waals surface area contributed by atoms with Gasteiger partial charge < -0.3 is 0 Å². The molecule has 0 spiro atoms. The second kappa shape index (κ2) is 4.06. The summed E-state index contributed by atoms with van der Waals surface area (Å²) in [6.45, 7) is 0. The van der Waals surface area contributed by atoms with Gasteiger partial charge >= 0.3 is 0 Å². The summed E-state index contributed by atoms with van der Waals surface area (Å²) in [7, 11) is 5.37. The molecule has 0 unspecified atom stereocenters. The van der Waals surface area contributed by atoms with Crippen LogP contribution in [0.2, 0.25) is 5.02 Å². The Balaban J connectivity index is 0.000000640. The monoisotopic (exact) mass is 129 g/mol. The maximum absolute atomic E-state index is 5.56. The van der Waals surface area contributed by atoms with Crippen molar-refractivity contribution in [1.29, 1.82) is 0 Å². The van der Waals surface area contributed by atoms with Crippen LogP contribution in [0.15, 0.2) is 24.3 Å². The third-order valence-corrected chi connectivity index (χ3v) is 1.12. The zero-order valence-electron chi connectivity index (χ0n) is 5.26. The maximum Gasteiger partial charge on any atom is 0.113 e. The Morgan fingerprint density at radius 1 is 1.11 bits per heavy atom. The predicted molar refractivity (Wildman–Crippen MR) is 42.6 cm³/mol. The molecule has 0 fully saturated rings. The van der Waals surface area contributed by atoms with Gasteiger partial charge in [-0.15, -0.1) is 0 Å². The summed E-state index contributed by atoms with van der Waals surface area (Å²) >= 11 is 5.56. The largest absolute Gasteiger partial charge is 0.113 e. The molecule has 39 valence electrons. The van der Waals surface area contributed by atoms with Gasteiger partial charge in [0, 0.05) is 23.9 Å². The molecule has 0 heterocycles. The van der Waals surface area contributed by atoms with E-state index < -0.39 is 0 Å². The van der Waals surface area contributed by atoms with Gasteiger partial charge in [0.25, 0.3) is 0 Å². The Morgan fingerprint density at radius 2 is 1.56 bits per heavy atom. The fraction of sp³-hybridized carbons (Fsp3) is 0. The first-order valence-corrected chi connectivity index (χ1v) is 2.68. The molecule has 0 atom stereocenters. The Hall–Kier alpha value is 0.172. The molecular formula is C6H4BClLi. The van der Waals surface area contributed by atoms with Crippen molar-refractivity contribution in [1.82, 2.24) is 0 Å². The van der Waals surface area contributed by atoms with E-state index in [0.717, 1.165) is 10.5 Å². The molecule has 0 saturated carbocycles. The van der Waals surface area contributed by atoms with Gasteiger partial charge in [-0.3, -0.25) is 0 Å². The second-order valence-corrected chi connectivity index (χ2v) is 1.99. The van der Waals surface area contributed by atoms with Crippen LogP contribution in [-0.2, 0) is 0 Å². The minimum atomic E-state index is 0. The van der Waals surface area contributed by atoms with E-state index in [0.29, 0.717) is 0 Å². The van der Waals surface area contributed by atoms with E-state index in [1.807, 2.05) is 0 Å². The first-order chi connectivity index (χ1) is 3.79. The molecule has 1 rings (SSSR count). The molecule has 0 nitrogen and oxygen atoms in total. The Morgan fingerprint density at radius 3 is 1.89 bits per heavy atom. The molecule has 0 aliphatic heterocycles. The van der Waals surface area contributed by atoms with Crippen LogP contribution in [0.3, 0.4) is 0 Å². The fourth-order valence-electron chi connectivity index (χ4n) is 0.463. The second-order valence-electron chi connectivity index (χ2n) is 1.55. The zero-order valence-corrected chi connectivity index (χ0v) is 6.02. The van der Waals surface area contributed by atoms with Gasteiger partial charge in [-0.1, -0.05) is 29.2 Å². The van der Waals surface area contributed by atoms with E-state index in [1.165, 1.54) is 0 Å². The van der Waals surface area contributed by atoms with E-state index in [9.17, 15) is 0 Å². The molecule has 1 aromatic rings. The first kappa shape index (κ1) is 9.17. The quantitative estimate of drug-likeness (QED) is 0.454. The molecular weight excluding hydrogens is 125 g/mol. The van der Waals surface area contributed by atoms with Crippen molar-refractivity contribution in [2.75, 3.05) is 0 Å². The summed E-state index contributed by atoms with van der Waals surface area (Å²) in [6.07, 6.45) is 0. The number of rotatable bonds is 0. The van der Waals surface area contributed by atoms with E-state index in [4.69, 9.17) is 19.4 Å². The smallest absolute Gasteiger partial charge is 0.0966 e. The molecule has 0 N–H and O–H groups in total. The number of hydrogen-bond donors (Lipinski definition) is 0. The Kier molecular flexibility index (Phi) is 4.14. The zero-order chi connectivity index (χ0) is 5.98. The van der Waals surface area contributed by atoms with E-state index >= 15 is 0 Å². The fourth-order valence-corrected chi connectivity index (χ4v) is 0.589. The molecule has 0 bridgehead atoms. The molecule has 3 radical (unpaired) electrons. The molecule has 3 heteroatoms. The van der Waals surface area contributed by atoms with Crippen molar-refractivity contribution < 1.29 is 0 Å². The summed E-state index contributed by atoms with van der Waals surface area (Å²) in [5, 5.41) is 0.721. The topological polar surface area (TPSA) is 0 Å². The Labute approximate surface area is 73.2 Å². The molecule has 0 aliphatic rings. The van der Waals surface area contributed by atoms with Crippen LogP contribution in [0.4, 0.5) is 0 Å². The van der Waals surface area contributed by atoms with Gasteiger partial charge in [0.1, 0.15) is 7.85 Å². The summed E-state index contributed by atoms with van der Waals surface area (Å²) < 4.78 is 0. The maximum atomic E-state index is 5.56. The van der Waals surface area contributed by atoms with Crippen LogP contribution in [-0.4, -0.2) is 26.7 Å². The minimum Gasteiger partial charge on any atom is -0.0966 e. The molecule has 0 aliphatic carbocycles. The molecule has 1 aromatic carbocycles. The van der Waals surface area contributed by atoms with Crippen molar-refractivity contribution >= 4 is 43.8 Å². The van der Waals surface area contributed by atoms with E-state index in [-0.39, 0.29) is 18.9 Å². The molecule has 0 aromatic heterocycles. The van der Waals surface area contributed by atoms with Gasteiger partial charge in [-0.25, -0.2) is 0 Å². The number of benzene rings is 1. The number of halogens is 1. The minimum absolute atomic E-state index is 0. The van der Waals surface area contributed by atoms with Crippen molar-refractivity contribution in [2.24, 2.45) is 0 Å². The molecule has 0 saturated heterocycles. The Bertz CT molecular complexity index is 152. The standard InChI is InChI=1S/C6H4BCl.Li/c7-5-1-3-6(8)4-2-5;/h1-4H;. The van der Waals surface area contributed by atoms with Crippen LogP contribution in [0.25, 0.3) is 0 Å². The summed E-state index contributed by atoms with van der Waals surface area (Å²) in [4.78, 5) is 0. The van der Waals surface area contributed by atoms with Crippen molar-refractivity contribution in [2.45, 2.75) is 0 Å². The van der Waals surface area contributed by atoms with Crippen molar-refractivity contribution in [3.05, 3.63) is 29.3 Å². The van der Waals surface area contributed by atoms with Gasteiger partial charge in [0.05, 0.1) is 0 Å². The third-order valence-electron chi connectivity index (χ3n) is 0.870. The molecule has 9 heavy (non-hydrogen) atoms. The average molecular weight is 129 g/mol. The van der Waals surface area contributed by atoms with Crippen LogP contribution < -0.4 is 5.46 Å². The van der Waals surface area contributed by atoms with E-state index in [1.54, 1.807) is 24.3 Å². The predicted octanol–water partition coefficient (Wildman–Crippen LogP) is 0.753. The van der Waals surface area contributed by atoms with Crippen molar-refractivity contribution in [3.8, 4) is 0 Å². The summed E-state index contributed by atoms with van der Waals surface area (Å²) in [5.74, 6) is 0. The SMILES string of the molecule is [B]c1ccc(Cl)cc1.[Li]. The van der Waals surface area contributed by atoms with Gasteiger partial charge in [-0.2, -0.15) is 0 Å². The van der Waals surface area contributed by atoms with E-state index in [2.05, 4.69) is 0 Å². The first-order valence-electron chi connectivity index (χ1n) is 2.30. The van der Waals surface area contributed by atoms with Gasteiger partial charge in [0.15, 0.2) is 0 Å². The molecule has 0 amide bonds. The van der Waals surface area contributed by atoms with Gasteiger partial charge in [0.2, 0.25) is 0 Å². The van der Waals surface area contributed by atoms with Crippen LogP contribution >= 0.6 is 11.6 Å². The van der Waals surface area contributed by atoms with Crippen LogP contribution in [0.5, 0.6) is 0 Å². The third kappa shape index (κ3) is 3.01.